The Bertz CT molecular complexity index is 511. The zero-order valence-corrected chi connectivity index (χ0v) is 11.5. The van der Waals surface area contributed by atoms with Crippen molar-refractivity contribution in [1.29, 1.82) is 0 Å². The maximum atomic E-state index is 13.6. The zero-order valence-electron chi connectivity index (χ0n) is 9.94. The Morgan fingerprint density at radius 1 is 1.58 bits per heavy atom. The van der Waals surface area contributed by atoms with E-state index in [2.05, 4.69) is 26.4 Å². The molecule has 19 heavy (non-hydrogen) atoms. The van der Waals surface area contributed by atoms with Crippen molar-refractivity contribution in [3.63, 3.8) is 0 Å². The van der Waals surface area contributed by atoms with E-state index in [-0.39, 0.29) is 17.3 Å². The van der Waals surface area contributed by atoms with E-state index in [1.807, 2.05) is 0 Å². The molecular formula is C12H13BrFN3O2. The Kier molecular flexibility index (Phi) is 4.04. The third-order valence-electron chi connectivity index (χ3n) is 3.00. The molecule has 1 atom stereocenters. The lowest BCUT2D eigenvalue weighted by atomic mass is 10.1. The molecule has 0 saturated heterocycles. The fraction of sp³-hybridized carbons (Fsp3) is 0.333. The molecule has 7 heteroatoms. The number of halogens is 2. The van der Waals surface area contributed by atoms with Crippen molar-refractivity contribution in [2.24, 2.45) is 16.8 Å². The minimum atomic E-state index is -0.624. The molecule has 1 unspecified atom stereocenters. The molecule has 1 aliphatic carbocycles. The van der Waals surface area contributed by atoms with Crippen molar-refractivity contribution in [2.45, 2.75) is 18.9 Å². The summed E-state index contributed by atoms with van der Waals surface area (Å²) in [6, 6.07) is 3.71. The van der Waals surface area contributed by atoms with Crippen LogP contribution in [0.15, 0.2) is 27.8 Å². The van der Waals surface area contributed by atoms with E-state index in [1.54, 1.807) is 6.07 Å². The van der Waals surface area contributed by atoms with E-state index in [9.17, 15) is 9.18 Å². The molecule has 1 fully saturated rings. The molecule has 0 aromatic heterocycles. The van der Waals surface area contributed by atoms with Gasteiger partial charge in [-0.3, -0.25) is 4.79 Å². The summed E-state index contributed by atoms with van der Waals surface area (Å²) in [5, 5.41) is 14.2. The van der Waals surface area contributed by atoms with Crippen molar-refractivity contribution in [3.8, 4) is 0 Å². The van der Waals surface area contributed by atoms with Crippen molar-refractivity contribution in [3.05, 3.63) is 34.1 Å². The third kappa shape index (κ3) is 3.04. The van der Waals surface area contributed by atoms with Crippen LogP contribution in [0.2, 0.25) is 0 Å². The Morgan fingerprint density at radius 3 is 2.79 bits per heavy atom. The molecular weight excluding hydrogens is 317 g/mol. The zero-order chi connectivity index (χ0) is 14.0. The summed E-state index contributed by atoms with van der Waals surface area (Å²) in [6.07, 6.45) is 1.78. The highest BCUT2D eigenvalue weighted by molar-refractivity contribution is 9.10. The van der Waals surface area contributed by atoms with E-state index in [1.165, 1.54) is 12.1 Å². The standard InChI is InChI=1S/C12H13BrFN3O2/c13-7-2-1-3-8(14)9(7)12(18)16-10(6-4-5-6)11(15)17-19/h1-3,6,10,19H,4-5H2,(H2,15,17)(H,16,18). The van der Waals surface area contributed by atoms with E-state index < -0.39 is 17.8 Å². The monoisotopic (exact) mass is 329 g/mol. The molecule has 0 aliphatic heterocycles. The van der Waals surface area contributed by atoms with Gasteiger partial charge in [-0.25, -0.2) is 4.39 Å². The maximum absolute atomic E-state index is 13.6. The molecule has 1 aliphatic rings. The highest BCUT2D eigenvalue weighted by Gasteiger charge is 2.36. The van der Waals surface area contributed by atoms with Gasteiger partial charge < -0.3 is 16.3 Å². The van der Waals surface area contributed by atoms with Crippen molar-refractivity contribution < 1.29 is 14.4 Å². The largest absolute Gasteiger partial charge is 0.409 e. The molecule has 1 aromatic carbocycles. The molecule has 4 N–H and O–H groups in total. The van der Waals surface area contributed by atoms with Gasteiger partial charge in [-0.2, -0.15) is 0 Å². The molecule has 0 bridgehead atoms. The second-order valence-electron chi connectivity index (χ2n) is 4.41. The first-order valence-electron chi connectivity index (χ1n) is 5.77. The third-order valence-corrected chi connectivity index (χ3v) is 3.66. The topological polar surface area (TPSA) is 87.7 Å². The summed E-state index contributed by atoms with van der Waals surface area (Å²) in [7, 11) is 0. The van der Waals surface area contributed by atoms with E-state index in [4.69, 9.17) is 10.9 Å². The van der Waals surface area contributed by atoms with Crippen LogP contribution in [0, 0.1) is 11.7 Å². The summed E-state index contributed by atoms with van der Waals surface area (Å²) in [5.74, 6) is -1.14. The van der Waals surface area contributed by atoms with Crippen molar-refractivity contribution in [2.75, 3.05) is 0 Å². The Labute approximate surface area is 117 Å². The number of oxime groups is 1. The van der Waals surface area contributed by atoms with Gasteiger partial charge in [-0.15, -0.1) is 0 Å². The van der Waals surface area contributed by atoms with Crippen LogP contribution in [0.4, 0.5) is 4.39 Å². The van der Waals surface area contributed by atoms with E-state index in [0.29, 0.717) is 4.47 Å². The lowest BCUT2D eigenvalue weighted by molar-refractivity contribution is 0.0938. The van der Waals surface area contributed by atoms with Gasteiger partial charge in [0.25, 0.3) is 5.91 Å². The quantitative estimate of drug-likeness (QED) is 0.341. The summed E-state index contributed by atoms with van der Waals surface area (Å²) in [5.41, 5.74) is 5.46. The van der Waals surface area contributed by atoms with Crippen LogP contribution in [0.5, 0.6) is 0 Å². The number of nitrogens with zero attached hydrogens (tertiary/aromatic N) is 1. The fourth-order valence-electron chi connectivity index (χ4n) is 1.85. The predicted octanol–water partition coefficient (Wildman–Crippen LogP) is 1.84. The van der Waals surface area contributed by atoms with Gasteiger partial charge in [-0.1, -0.05) is 11.2 Å². The average Bonchev–Trinajstić information content (AvgIpc) is 3.19. The normalized spacial score (nSPS) is 17.1. The molecule has 5 nitrogen and oxygen atoms in total. The van der Waals surface area contributed by atoms with Gasteiger partial charge in [0.15, 0.2) is 5.84 Å². The van der Waals surface area contributed by atoms with Gasteiger partial charge in [0.2, 0.25) is 0 Å². The first-order chi connectivity index (χ1) is 9.04. The number of amides is 1. The van der Waals surface area contributed by atoms with Crippen molar-refractivity contribution in [1.82, 2.24) is 5.32 Å². The lowest BCUT2D eigenvalue weighted by Gasteiger charge is -2.17. The van der Waals surface area contributed by atoms with Crippen LogP contribution in [0.3, 0.4) is 0 Å². The molecule has 0 radical (unpaired) electrons. The Hall–Kier alpha value is -1.63. The van der Waals surface area contributed by atoms with Gasteiger partial charge in [0.05, 0.1) is 11.6 Å². The summed E-state index contributed by atoms with van der Waals surface area (Å²) < 4.78 is 14.0. The van der Waals surface area contributed by atoms with Gasteiger partial charge in [0, 0.05) is 4.47 Å². The highest BCUT2D eigenvalue weighted by atomic mass is 79.9. The number of hydrogen-bond donors (Lipinski definition) is 3. The van der Waals surface area contributed by atoms with Crippen LogP contribution in [-0.2, 0) is 0 Å². The first kappa shape index (κ1) is 13.8. The SMILES string of the molecule is N/C(=N/O)C(NC(=O)c1c(F)cccc1Br)C1CC1. The number of carbonyl (C=O) groups is 1. The first-order valence-corrected chi connectivity index (χ1v) is 6.56. The maximum Gasteiger partial charge on any atom is 0.256 e. The average molecular weight is 330 g/mol. The molecule has 1 saturated carbocycles. The number of benzene rings is 1. The lowest BCUT2D eigenvalue weighted by Crippen LogP contribution is -2.46. The summed E-state index contributed by atoms with van der Waals surface area (Å²) >= 11 is 3.13. The second-order valence-corrected chi connectivity index (χ2v) is 5.26. The Morgan fingerprint density at radius 2 is 2.26 bits per heavy atom. The van der Waals surface area contributed by atoms with E-state index >= 15 is 0 Å². The van der Waals surface area contributed by atoms with Gasteiger partial charge in [-0.05, 0) is 46.8 Å². The smallest absolute Gasteiger partial charge is 0.256 e. The molecule has 0 spiro atoms. The van der Waals surface area contributed by atoms with Crippen LogP contribution in [-0.4, -0.2) is 23.0 Å². The van der Waals surface area contributed by atoms with E-state index in [0.717, 1.165) is 12.8 Å². The number of nitrogens with two attached hydrogens (primary N) is 1. The number of carbonyl (C=O) groups excluding carboxylic acids is 1. The molecule has 102 valence electrons. The number of amidine groups is 1. The van der Waals surface area contributed by atoms with Gasteiger partial charge in [0.1, 0.15) is 5.82 Å². The predicted molar refractivity (Wildman–Crippen MR) is 71.5 cm³/mol. The molecule has 2 rings (SSSR count). The number of nitrogens with one attached hydrogen (secondary N) is 1. The summed E-state index contributed by atoms with van der Waals surface area (Å²) in [4.78, 5) is 12.1. The number of rotatable bonds is 4. The highest BCUT2D eigenvalue weighted by Crippen LogP contribution is 2.33. The van der Waals surface area contributed by atoms with Crippen LogP contribution >= 0.6 is 15.9 Å². The minimum Gasteiger partial charge on any atom is -0.409 e. The van der Waals surface area contributed by atoms with Crippen LogP contribution < -0.4 is 11.1 Å². The molecule has 1 aromatic rings. The van der Waals surface area contributed by atoms with Crippen molar-refractivity contribution >= 4 is 27.7 Å². The molecule has 1 amide bonds. The number of hydrogen-bond acceptors (Lipinski definition) is 3. The van der Waals surface area contributed by atoms with Gasteiger partial charge >= 0.3 is 0 Å². The van der Waals surface area contributed by atoms with Crippen LogP contribution in [0.1, 0.15) is 23.2 Å². The second kappa shape index (κ2) is 5.56. The minimum absolute atomic E-state index is 0.0664. The Balaban J connectivity index is 2.20. The van der Waals surface area contributed by atoms with Crippen LogP contribution in [0.25, 0.3) is 0 Å². The fourth-order valence-corrected chi connectivity index (χ4v) is 2.38. The summed E-state index contributed by atoms with van der Waals surface area (Å²) in [6.45, 7) is 0. The molecule has 0 heterocycles.